The Morgan fingerprint density at radius 3 is 2.25 bits per heavy atom. The van der Waals surface area contributed by atoms with Crippen molar-refractivity contribution in [2.75, 3.05) is 0 Å². The Labute approximate surface area is 105 Å². The fraction of sp³-hybridized carbons (Fsp3) is 0.333. The molecule has 0 saturated heterocycles. The summed E-state index contributed by atoms with van der Waals surface area (Å²) in [5.74, 6) is 0. The monoisotopic (exact) mass is 256 g/mol. The van der Waals surface area contributed by atoms with E-state index in [0.717, 1.165) is 11.1 Å². The fourth-order valence-corrected chi connectivity index (χ4v) is 2.84. The zero-order valence-corrected chi connectivity index (χ0v) is 10.3. The third-order valence-electron chi connectivity index (χ3n) is 2.72. The van der Waals surface area contributed by atoms with E-state index in [1.165, 1.54) is 0 Å². The molecule has 86 valence electrons. The van der Waals surface area contributed by atoms with E-state index >= 15 is 0 Å². The van der Waals surface area contributed by atoms with Gasteiger partial charge in [0.05, 0.1) is 5.66 Å². The van der Waals surface area contributed by atoms with E-state index in [1.807, 2.05) is 36.4 Å². The Balaban J connectivity index is 2.39. The summed E-state index contributed by atoms with van der Waals surface area (Å²) in [7, 11) is 0. The molecule has 0 bridgehead atoms. The molecule has 4 N–H and O–H groups in total. The summed E-state index contributed by atoms with van der Waals surface area (Å²) in [6.07, 6.45) is 2.86. The molecule has 1 aromatic rings. The van der Waals surface area contributed by atoms with Gasteiger partial charge in [0.1, 0.15) is 4.33 Å². The molecule has 0 fully saturated rings. The molecule has 1 aliphatic carbocycles. The van der Waals surface area contributed by atoms with Crippen molar-refractivity contribution in [2.24, 2.45) is 11.5 Å². The van der Waals surface area contributed by atoms with E-state index in [2.05, 4.69) is 0 Å². The molecule has 0 aliphatic heterocycles. The summed E-state index contributed by atoms with van der Waals surface area (Å²) in [4.78, 5) is 0. The second kappa shape index (κ2) is 4.04. The maximum atomic E-state index is 6.29. The quantitative estimate of drug-likeness (QED) is 0.600. The van der Waals surface area contributed by atoms with Crippen molar-refractivity contribution in [2.45, 2.75) is 22.8 Å². The third kappa shape index (κ3) is 2.41. The van der Waals surface area contributed by atoms with Gasteiger partial charge in [-0.05, 0) is 17.6 Å². The molecule has 2 rings (SSSR count). The lowest BCUT2D eigenvalue weighted by atomic mass is 9.86. The van der Waals surface area contributed by atoms with Gasteiger partial charge in [0.2, 0.25) is 0 Å². The zero-order valence-electron chi connectivity index (χ0n) is 8.79. The van der Waals surface area contributed by atoms with Crippen LogP contribution in [-0.4, -0.2) is 10.00 Å². The van der Waals surface area contributed by atoms with Crippen molar-refractivity contribution >= 4 is 28.8 Å². The average molecular weight is 257 g/mol. The molecule has 0 atom stereocenters. The molecule has 0 aromatic heterocycles. The first-order valence-electron chi connectivity index (χ1n) is 5.12. The van der Waals surface area contributed by atoms with E-state index in [1.54, 1.807) is 0 Å². The van der Waals surface area contributed by atoms with Crippen LogP contribution in [0, 0.1) is 0 Å². The highest BCUT2D eigenvalue weighted by atomic mass is 35.5. The van der Waals surface area contributed by atoms with Crippen molar-refractivity contribution in [3.05, 3.63) is 42.0 Å². The minimum atomic E-state index is -1.01. The molecule has 2 nitrogen and oxygen atoms in total. The van der Waals surface area contributed by atoms with Crippen molar-refractivity contribution in [3.63, 3.8) is 0 Å². The van der Waals surface area contributed by atoms with E-state index in [4.69, 9.17) is 34.7 Å². The zero-order chi connectivity index (χ0) is 11.8. The van der Waals surface area contributed by atoms with Crippen LogP contribution in [0.2, 0.25) is 0 Å². The smallest absolute Gasteiger partial charge is 0.146 e. The summed E-state index contributed by atoms with van der Waals surface area (Å²) in [6, 6.07) is 9.81. The fourth-order valence-electron chi connectivity index (χ4n) is 1.97. The van der Waals surface area contributed by atoms with Gasteiger partial charge in [0.15, 0.2) is 0 Å². The minimum Gasteiger partial charge on any atom is -0.313 e. The van der Waals surface area contributed by atoms with Gasteiger partial charge in [-0.15, -0.1) is 0 Å². The van der Waals surface area contributed by atoms with E-state index in [-0.39, 0.29) is 0 Å². The number of alkyl halides is 2. The second-order valence-corrected chi connectivity index (χ2v) is 5.79. The Hall–Kier alpha value is -0.540. The van der Waals surface area contributed by atoms with Crippen molar-refractivity contribution in [3.8, 4) is 0 Å². The van der Waals surface area contributed by atoms with Crippen molar-refractivity contribution < 1.29 is 0 Å². The molecule has 1 aromatic carbocycles. The summed E-state index contributed by atoms with van der Waals surface area (Å²) < 4.78 is -1.01. The highest BCUT2D eigenvalue weighted by Crippen LogP contribution is 2.45. The molecule has 0 amide bonds. The van der Waals surface area contributed by atoms with Gasteiger partial charge in [-0.25, -0.2) is 0 Å². The summed E-state index contributed by atoms with van der Waals surface area (Å²) >= 11 is 12.6. The highest BCUT2D eigenvalue weighted by molar-refractivity contribution is 6.54. The predicted octanol–water partition coefficient (Wildman–Crippen LogP) is 2.65. The van der Waals surface area contributed by atoms with Gasteiger partial charge >= 0.3 is 0 Å². The van der Waals surface area contributed by atoms with E-state index < -0.39 is 10.00 Å². The molecule has 0 unspecified atom stereocenters. The number of benzene rings is 1. The first-order valence-corrected chi connectivity index (χ1v) is 5.88. The van der Waals surface area contributed by atoms with Crippen LogP contribution < -0.4 is 11.5 Å². The topological polar surface area (TPSA) is 52.0 Å². The third-order valence-corrected chi connectivity index (χ3v) is 3.39. The van der Waals surface area contributed by atoms with E-state index in [9.17, 15) is 0 Å². The summed E-state index contributed by atoms with van der Waals surface area (Å²) in [5, 5.41) is 0. The van der Waals surface area contributed by atoms with Crippen LogP contribution in [0.15, 0.2) is 36.4 Å². The lowest BCUT2D eigenvalue weighted by Crippen LogP contribution is -2.54. The normalized spacial score (nSPS) is 22.6. The van der Waals surface area contributed by atoms with E-state index in [0.29, 0.717) is 12.8 Å². The van der Waals surface area contributed by atoms with Crippen LogP contribution in [0.5, 0.6) is 0 Å². The van der Waals surface area contributed by atoms with Crippen molar-refractivity contribution in [1.82, 2.24) is 0 Å². The van der Waals surface area contributed by atoms with Crippen LogP contribution in [0.25, 0.3) is 5.57 Å². The Kier molecular flexibility index (Phi) is 3.01. The Morgan fingerprint density at radius 1 is 1.06 bits per heavy atom. The lowest BCUT2D eigenvalue weighted by Gasteiger charge is -2.37. The molecule has 4 heteroatoms. The Bertz CT molecular complexity index is 410. The minimum absolute atomic E-state index is 0.351. The maximum Gasteiger partial charge on any atom is 0.146 e. The number of hydrogen-bond acceptors (Lipinski definition) is 2. The van der Waals surface area contributed by atoms with Gasteiger partial charge in [-0.1, -0.05) is 59.6 Å². The first-order chi connectivity index (χ1) is 7.41. The molecule has 16 heavy (non-hydrogen) atoms. The summed E-state index contributed by atoms with van der Waals surface area (Å²) in [5.41, 5.74) is 12.8. The second-order valence-electron chi connectivity index (χ2n) is 4.30. The van der Waals surface area contributed by atoms with Gasteiger partial charge in [0, 0.05) is 6.42 Å². The largest absolute Gasteiger partial charge is 0.313 e. The maximum absolute atomic E-state index is 6.29. The number of nitrogens with two attached hydrogens (primary N) is 2. The molecule has 0 saturated carbocycles. The molecule has 1 aliphatic rings. The lowest BCUT2D eigenvalue weighted by molar-refractivity contribution is 0.399. The molecule has 0 spiro atoms. The first kappa shape index (κ1) is 11.9. The number of hydrogen-bond donors (Lipinski definition) is 2. The SMILES string of the molecule is NC1(N)CC=C(c2ccccc2)C(Cl)(Cl)C1. The van der Waals surface area contributed by atoms with Crippen LogP contribution in [0.4, 0.5) is 0 Å². The molecular formula is C12H14Cl2N2. The van der Waals surface area contributed by atoms with Gasteiger partial charge in [0.25, 0.3) is 0 Å². The predicted molar refractivity (Wildman–Crippen MR) is 69.2 cm³/mol. The van der Waals surface area contributed by atoms with Crippen LogP contribution >= 0.6 is 23.2 Å². The number of rotatable bonds is 1. The Morgan fingerprint density at radius 2 is 1.69 bits per heavy atom. The molecular weight excluding hydrogens is 243 g/mol. The average Bonchev–Trinajstić information content (AvgIpc) is 2.16. The van der Waals surface area contributed by atoms with Gasteiger partial charge < -0.3 is 11.5 Å². The number of allylic oxidation sites excluding steroid dienone is 1. The van der Waals surface area contributed by atoms with Gasteiger partial charge in [-0.3, -0.25) is 0 Å². The molecule has 0 heterocycles. The van der Waals surface area contributed by atoms with Gasteiger partial charge in [-0.2, -0.15) is 0 Å². The highest BCUT2D eigenvalue weighted by Gasteiger charge is 2.40. The van der Waals surface area contributed by atoms with Crippen molar-refractivity contribution in [1.29, 1.82) is 0 Å². The van der Waals surface area contributed by atoms with Crippen LogP contribution in [0.3, 0.4) is 0 Å². The molecule has 0 radical (unpaired) electrons. The number of halogens is 2. The van der Waals surface area contributed by atoms with Crippen LogP contribution in [0.1, 0.15) is 18.4 Å². The summed E-state index contributed by atoms with van der Waals surface area (Å²) in [6.45, 7) is 0. The standard InChI is InChI=1S/C12H14Cl2N2/c13-12(14)8-11(15,16)7-6-10(12)9-4-2-1-3-5-9/h1-6H,7-8,15-16H2. The van der Waals surface area contributed by atoms with Crippen LogP contribution in [-0.2, 0) is 0 Å².